The molecule has 0 aliphatic carbocycles. The van der Waals surface area contributed by atoms with Crippen molar-refractivity contribution in [3.63, 3.8) is 0 Å². The molecule has 0 aliphatic heterocycles. The molecular formula is C13H18N2O3. The molecular weight excluding hydrogens is 232 g/mol. The van der Waals surface area contributed by atoms with Crippen molar-refractivity contribution in [2.24, 2.45) is 0 Å². The number of amides is 2. The lowest BCUT2D eigenvalue weighted by molar-refractivity contribution is -0.142. The van der Waals surface area contributed by atoms with Crippen molar-refractivity contribution in [2.45, 2.75) is 19.5 Å². The molecule has 1 N–H and O–H groups in total. The van der Waals surface area contributed by atoms with Gasteiger partial charge >= 0.3 is 12.0 Å². The van der Waals surface area contributed by atoms with Crippen LogP contribution in [0.25, 0.3) is 0 Å². The summed E-state index contributed by atoms with van der Waals surface area (Å²) in [5.74, 6) is -0.462. The Bertz CT molecular complexity index is 406. The Balaban J connectivity index is 2.49. The first-order valence-corrected chi connectivity index (χ1v) is 5.68. The van der Waals surface area contributed by atoms with E-state index in [2.05, 4.69) is 10.1 Å². The minimum atomic E-state index is -0.652. The molecule has 1 aromatic rings. The third-order valence-corrected chi connectivity index (χ3v) is 2.50. The number of ether oxygens (including phenoxy) is 1. The van der Waals surface area contributed by atoms with Crippen LogP contribution in [-0.2, 0) is 16.1 Å². The van der Waals surface area contributed by atoms with Crippen molar-refractivity contribution >= 4 is 12.0 Å². The van der Waals surface area contributed by atoms with Crippen LogP contribution >= 0.6 is 0 Å². The quantitative estimate of drug-likeness (QED) is 0.821. The van der Waals surface area contributed by atoms with Gasteiger partial charge in [0.05, 0.1) is 7.11 Å². The number of hydrogen-bond donors (Lipinski definition) is 1. The summed E-state index contributed by atoms with van der Waals surface area (Å²) in [6.45, 7) is 2.07. The van der Waals surface area contributed by atoms with Gasteiger partial charge in [-0.1, -0.05) is 30.3 Å². The standard InChI is InChI=1S/C13H18N2O3/c1-10(12(16)18-3)14-13(17)15(2)9-11-7-5-4-6-8-11/h4-8,10H,9H2,1-3H3,(H,14,17)/t10-/m0/s1. The fourth-order valence-corrected chi connectivity index (χ4v) is 1.46. The first-order chi connectivity index (χ1) is 8.54. The molecule has 0 aliphatic rings. The molecule has 0 radical (unpaired) electrons. The van der Waals surface area contributed by atoms with E-state index in [1.165, 1.54) is 12.0 Å². The highest BCUT2D eigenvalue weighted by atomic mass is 16.5. The number of rotatable bonds is 4. The zero-order valence-corrected chi connectivity index (χ0v) is 10.8. The van der Waals surface area contributed by atoms with Gasteiger partial charge in [-0.25, -0.2) is 9.59 Å². The van der Waals surface area contributed by atoms with E-state index in [1.54, 1.807) is 14.0 Å². The molecule has 1 atom stereocenters. The maximum Gasteiger partial charge on any atom is 0.328 e. The van der Waals surface area contributed by atoms with Crippen LogP contribution in [-0.4, -0.2) is 37.1 Å². The molecule has 18 heavy (non-hydrogen) atoms. The van der Waals surface area contributed by atoms with Gasteiger partial charge in [-0.2, -0.15) is 0 Å². The summed E-state index contributed by atoms with van der Waals surface area (Å²) in [5, 5.41) is 2.56. The van der Waals surface area contributed by atoms with Crippen molar-refractivity contribution in [1.82, 2.24) is 10.2 Å². The van der Waals surface area contributed by atoms with E-state index in [-0.39, 0.29) is 6.03 Å². The number of esters is 1. The number of benzene rings is 1. The number of carbonyl (C=O) groups excluding carboxylic acids is 2. The van der Waals surface area contributed by atoms with Crippen molar-refractivity contribution in [3.05, 3.63) is 35.9 Å². The molecule has 5 heteroatoms. The summed E-state index contributed by atoms with van der Waals surface area (Å²) in [5.41, 5.74) is 1.03. The monoisotopic (exact) mass is 250 g/mol. The van der Waals surface area contributed by atoms with Crippen LogP contribution in [0.2, 0.25) is 0 Å². The van der Waals surface area contributed by atoms with Gasteiger partial charge < -0.3 is 15.0 Å². The van der Waals surface area contributed by atoms with E-state index >= 15 is 0 Å². The molecule has 0 unspecified atom stereocenters. The topological polar surface area (TPSA) is 58.6 Å². The molecule has 0 fully saturated rings. The van der Waals surface area contributed by atoms with Gasteiger partial charge in [0.25, 0.3) is 0 Å². The van der Waals surface area contributed by atoms with Crippen LogP contribution < -0.4 is 5.32 Å². The third kappa shape index (κ3) is 4.08. The Morgan fingerprint density at radius 2 is 1.94 bits per heavy atom. The molecule has 2 amide bonds. The average Bonchev–Trinajstić information content (AvgIpc) is 2.38. The number of carbonyl (C=O) groups is 2. The van der Waals surface area contributed by atoms with Crippen LogP contribution in [0.3, 0.4) is 0 Å². The zero-order valence-electron chi connectivity index (χ0n) is 10.8. The van der Waals surface area contributed by atoms with Crippen molar-refractivity contribution < 1.29 is 14.3 Å². The average molecular weight is 250 g/mol. The predicted molar refractivity (Wildman–Crippen MR) is 67.9 cm³/mol. The molecule has 0 saturated carbocycles. The first kappa shape index (κ1) is 14.0. The molecule has 1 rings (SSSR count). The lowest BCUT2D eigenvalue weighted by Gasteiger charge is -2.20. The molecule has 0 spiro atoms. The van der Waals surface area contributed by atoms with E-state index in [9.17, 15) is 9.59 Å². The fraction of sp³-hybridized carbons (Fsp3) is 0.385. The van der Waals surface area contributed by atoms with Crippen molar-refractivity contribution in [1.29, 1.82) is 0 Å². The van der Waals surface area contributed by atoms with E-state index in [4.69, 9.17) is 0 Å². The van der Waals surface area contributed by atoms with Gasteiger partial charge in [0, 0.05) is 13.6 Å². The second-order valence-corrected chi connectivity index (χ2v) is 4.04. The van der Waals surface area contributed by atoms with Crippen LogP contribution in [0.5, 0.6) is 0 Å². The summed E-state index contributed by atoms with van der Waals surface area (Å²) >= 11 is 0. The van der Waals surface area contributed by atoms with Crippen LogP contribution in [0.1, 0.15) is 12.5 Å². The van der Waals surface area contributed by atoms with E-state index in [0.29, 0.717) is 6.54 Å². The minimum absolute atomic E-state index is 0.309. The van der Waals surface area contributed by atoms with Gasteiger partial charge in [-0.15, -0.1) is 0 Å². The summed E-state index contributed by atoms with van der Waals surface area (Å²) in [6, 6.07) is 8.66. The SMILES string of the molecule is COC(=O)[C@H](C)NC(=O)N(C)Cc1ccccc1. The van der Waals surface area contributed by atoms with Crippen molar-refractivity contribution in [3.8, 4) is 0 Å². The third-order valence-electron chi connectivity index (χ3n) is 2.50. The minimum Gasteiger partial charge on any atom is -0.467 e. The van der Waals surface area contributed by atoms with Gasteiger partial charge in [-0.3, -0.25) is 0 Å². The van der Waals surface area contributed by atoms with E-state index < -0.39 is 12.0 Å². The van der Waals surface area contributed by atoms with Crippen molar-refractivity contribution in [2.75, 3.05) is 14.2 Å². The van der Waals surface area contributed by atoms with Crippen LogP contribution in [0.15, 0.2) is 30.3 Å². The summed E-state index contributed by atoms with van der Waals surface area (Å²) in [6.07, 6.45) is 0. The molecule has 0 aromatic heterocycles. The highest BCUT2D eigenvalue weighted by Gasteiger charge is 2.18. The Morgan fingerprint density at radius 1 is 1.33 bits per heavy atom. The maximum atomic E-state index is 11.8. The first-order valence-electron chi connectivity index (χ1n) is 5.68. The fourth-order valence-electron chi connectivity index (χ4n) is 1.46. The molecule has 1 aromatic carbocycles. The van der Waals surface area contributed by atoms with Crippen LogP contribution in [0, 0.1) is 0 Å². The smallest absolute Gasteiger partial charge is 0.328 e. The number of nitrogens with one attached hydrogen (secondary N) is 1. The summed E-state index contributed by atoms with van der Waals surface area (Å²) < 4.78 is 4.54. The lowest BCUT2D eigenvalue weighted by Crippen LogP contribution is -2.45. The predicted octanol–water partition coefficient (Wildman–Crippen LogP) is 1.39. The number of hydrogen-bond acceptors (Lipinski definition) is 3. The normalized spacial score (nSPS) is 11.5. The summed E-state index contributed by atoms with van der Waals surface area (Å²) in [7, 11) is 2.96. The molecule has 0 heterocycles. The van der Waals surface area contributed by atoms with E-state index in [0.717, 1.165) is 5.56 Å². The van der Waals surface area contributed by atoms with Gasteiger partial charge in [0.15, 0.2) is 0 Å². The van der Waals surface area contributed by atoms with Gasteiger partial charge in [0.1, 0.15) is 6.04 Å². The highest BCUT2D eigenvalue weighted by molar-refractivity contribution is 5.83. The number of methoxy groups -OCH3 is 1. The highest BCUT2D eigenvalue weighted by Crippen LogP contribution is 2.02. The Morgan fingerprint density at radius 3 is 2.50 bits per heavy atom. The Labute approximate surface area is 107 Å². The summed E-state index contributed by atoms with van der Waals surface area (Å²) in [4.78, 5) is 24.5. The molecule has 0 bridgehead atoms. The number of urea groups is 1. The Kier molecular flexibility index (Phi) is 5.17. The maximum absolute atomic E-state index is 11.8. The second kappa shape index (κ2) is 6.64. The Hall–Kier alpha value is -2.04. The van der Waals surface area contributed by atoms with Gasteiger partial charge in [-0.05, 0) is 12.5 Å². The largest absolute Gasteiger partial charge is 0.467 e. The molecule has 98 valence electrons. The number of nitrogens with zero attached hydrogens (tertiary/aromatic N) is 1. The lowest BCUT2D eigenvalue weighted by atomic mass is 10.2. The molecule has 5 nitrogen and oxygen atoms in total. The van der Waals surface area contributed by atoms with E-state index in [1.807, 2.05) is 30.3 Å². The van der Waals surface area contributed by atoms with Crippen LogP contribution in [0.4, 0.5) is 4.79 Å². The zero-order chi connectivity index (χ0) is 13.5. The second-order valence-electron chi connectivity index (χ2n) is 4.04. The molecule has 0 saturated heterocycles. The van der Waals surface area contributed by atoms with Gasteiger partial charge in [0.2, 0.25) is 0 Å².